The number of hydrogen-bond donors (Lipinski definition) is 2. The SMILES string of the molecule is CC(NS)c1cc(=O)n(C)cc1Br. The van der Waals surface area contributed by atoms with Crippen LogP contribution in [0.25, 0.3) is 0 Å². The van der Waals surface area contributed by atoms with Crippen molar-refractivity contribution in [1.29, 1.82) is 0 Å². The van der Waals surface area contributed by atoms with Crippen molar-refractivity contribution < 1.29 is 0 Å². The van der Waals surface area contributed by atoms with Crippen LogP contribution in [0.15, 0.2) is 21.5 Å². The van der Waals surface area contributed by atoms with Gasteiger partial charge in [0.2, 0.25) is 0 Å². The Bertz CT molecular complexity index is 364. The van der Waals surface area contributed by atoms with Crippen molar-refractivity contribution in [2.75, 3.05) is 0 Å². The van der Waals surface area contributed by atoms with Gasteiger partial charge in [0, 0.05) is 29.8 Å². The second-order valence-electron chi connectivity index (χ2n) is 2.88. The first-order valence-corrected chi connectivity index (χ1v) is 5.06. The van der Waals surface area contributed by atoms with Crippen LogP contribution in [0, 0.1) is 0 Å². The molecule has 0 aliphatic heterocycles. The number of thiol groups is 1. The van der Waals surface area contributed by atoms with Crippen LogP contribution in [0.2, 0.25) is 0 Å². The zero-order valence-corrected chi connectivity index (χ0v) is 9.89. The van der Waals surface area contributed by atoms with Crippen molar-refractivity contribution in [3.8, 4) is 0 Å². The Morgan fingerprint density at radius 1 is 1.69 bits per heavy atom. The van der Waals surface area contributed by atoms with Gasteiger partial charge in [0.15, 0.2) is 0 Å². The summed E-state index contributed by atoms with van der Waals surface area (Å²) in [5.74, 6) is 0. The number of pyridine rings is 1. The molecule has 1 aromatic heterocycles. The summed E-state index contributed by atoms with van der Waals surface area (Å²) in [5.41, 5.74) is 0.895. The molecular formula is C8H11BrN2OS. The fourth-order valence-corrected chi connectivity index (χ4v) is 1.92. The smallest absolute Gasteiger partial charge is 0.250 e. The van der Waals surface area contributed by atoms with Crippen molar-refractivity contribution >= 4 is 28.7 Å². The van der Waals surface area contributed by atoms with Crippen LogP contribution in [0.4, 0.5) is 0 Å². The fourth-order valence-electron chi connectivity index (χ4n) is 1.01. The molecule has 0 spiro atoms. The maximum atomic E-state index is 11.3. The predicted octanol–water partition coefficient (Wildman–Crippen LogP) is 1.64. The molecule has 0 saturated carbocycles. The lowest BCUT2D eigenvalue weighted by molar-refractivity contribution is 0.737. The lowest BCUT2D eigenvalue weighted by Crippen LogP contribution is -2.19. The van der Waals surface area contributed by atoms with E-state index in [1.165, 1.54) is 4.57 Å². The van der Waals surface area contributed by atoms with E-state index >= 15 is 0 Å². The average molecular weight is 263 g/mol. The third-order valence-electron chi connectivity index (χ3n) is 1.87. The predicted molar refractivity (Wildman–Crippen MR) is 59.9 cm³/mol. The molecule has 0 saturated heterocycles. The van der Waals surface area contributed by atoms with Gasteiger partial charge in [-0.2, -0.15) is 0 Å². The number of nitrogens with zero attached hydrogens (tertiary/aromatic N) is 1. The third-order valence-corrected chi connectivity index (χ3v) is 2.92. The molecule has 1 atom stereocenters. The molecule has 0 radical (unpaired) electrons. The fraction of sp³-hybridized carbons (Fsp3) is 0.375. The van der Waals surface area contributed by atoms with E-state index in [0.717, 1.165) is 10.0 Å². The first-order valence-electron chi connectivity index (χ1n) is 3.82. The van der Waals surface area contributed by atoms with Crippen molar-refractivity contribution in [1.82, 2.24) is 9.29 Å². The second kappa shape index (κ2) is 4.30. The van der Waals surface area contributed by atoms with Crippen molar-refractivity contribution in [2.45, 2.75) is 13.0 Å². The maximum Gasteiger partial charge on any atom is 0.250 e. The Hall–Kier alpha value is -0.260. The summed E-state index contributed by atoms with van der Waals surface area (Å²) in [6, 6.07) is 1.64. The van der Waals surface area contributed by atoms with Crippen LogP contribution in [-0.4, -0.2) is 4.57 Å². The van der Waals surface area contributed by atoms with Crippen molar-refractivity contribution in [3.63, 3.8) is 0 Å². The third kappa shape index (κ3) is 2.36. The molecule has 72 valence electrons. The van der Waals surface area contributed by atoms with Crippen molar-refractivity contribution in [2.24, 2.45) is 7.05 Å². The normalized spacial score (nSPS) is 12.9. The lowest BCUT2D eigenvalue weighted by Gasteiger charge is -2.12. The molecule has 0 bridgehead atoms. The quantitative estimate of drug-likeness (QED) is 0.795. The minimum absolute atomic E-state index is 0.0198. The molecule has 1 unspecified atom stereocenters. The zero-order chi connectivity index (χ0) is 10.0. The molecule has 13 heavy (non-hydrogen) atoms. The minimum atomic E-state index is -0.0198. The van der Waals surface area contributed by atoms with Gasteiger partial charge in [-0.25, -0.2) is 0 Å². The highest BCUT2D eigenvalue weighted by Gasteiger charge is 2.08. The largest absolute Gasteiger partial charge is 0.317 e. The van der Waals surface area contributed by atoms with E-state index < -0.39 is 0 Å². The summed E-state index contributed by atoms with van der Waals surface area (Å²) in [6.45, 7) is 1.94. The number of rotatable bonds is 2. The first-order chi connectivity index (χ1) is 6.06. The van der Waals surface area contributed by atoms with E-state index in [9.17, 15) is 4.79 Å². The van der Waals surface area contributed by atoms with E-state index in [2.05, 4.69) is 33.5 Å². The van der Waals surface area contributed by atoms with E-state index in [-0.39, 0.29) is 11.6 Å². The summed E-state index contributed by atoms with van der Waals surface area (Å²) >= 11 is 7.34. The Kier molecular flexibility index (Phi) is 3.58. The van der Waals surface area contributed by atoms with E-state index in [4.69, 9.17) is 0 Å². The Labute approximate surface area is 90.8 Å². The van der Waals surface area contributed by atoms with E-state index in [1.807, 2.05) is 6.92 Å². The highest BCUT2D eigenvalue weighted by Crippen LogP contribution is 2.21. The van der Waals surface area contributed by atoms with Gasteiger partial charge >= 0.3 is 0 Å². The topological polar surface area (TPSA) is 34.0 Å². The van der Waals surface area contributed by atoms with Gasteiger partial charge in [-0.05, 0) is 28.4 Å². The van der Waals surface area contributed by atoms with Crippen LogP contribution < -0.4 is 10.3 Å². The molecule has 1 aromatic rings. The zero-order valence-electron chi connectivity index (χ0n) is 7.41. The van der Waals surface area contributed by atoms with Gasteiger partial charge in [-0.15, -0.1) is 0 Å². The number of aryl methyl sites for hydroxylation is 1. The monoisotopic (exact) mass is 262 g/mol. The molecule has 0 amide bonds. The highest BCUT2D eigenvalue weighted by atomic mass is 79.9. The summed E-state index contributed by atoms with van der Waals surface area (Å²) in [6.07, 6.45) is 1.75. The average Bonchev–Trinajstić information content (AvgIpc) is 2.10. The Morgan fingerprint density at radius 2 is 2.31 bits per heavy atom. The maximum absolute atomic E-state index is 11.3. The molecule has 1 heterocycles. The molecule has 0 fully saturated rings. The first kappa shape index (κ1) is 10.8. The van der Waals surface area contributed by atoms with Crippen LogP contribution in [0.1, 0.15) is 18.5 Å². The summed E-state index contributed by atoms with van der Waals surface area (Å²) in [5, 5.41) is 0. The van der Waals surface area contributed by atoms with Crippen LogP contribution >= 0.6 is 28.7 Å². The number of hydrogen-bond acceptors (Lipinski definition) is 3. The Morgan fingerprint density at radius 3 is 2.85 bits per heavy atom. The Balaban J connectivity index is 3.23. The van der Waals surface area contributed by atoms with Crippen LogP contribution in [0.3, 0.4) is 0 Å². The van der Waals surface area contributed by atoms with Gasteiger partial charge in [0.1, 0.15) is 0 Å². The number of nitrogens with one attached hydrogen (secondary N) is 1. The molecular weight excluding hydrogens is 252 g/mol. The minimum Gasteiger partial charge on any atom is -0.317 e. The van der Waals surface area contributed by atoms with E-state index in [1.54, 1.807) is 19.3 Å². The van der Waals surface area contributed by atoms with Crippen LogP contribution in [0.5, 0.6) is 0 Å². The van der Waals surface area contributed by atoms with Gasteiger partial charge in [0.05, 0.1) is 0 Å². The van der Waals surface area contributed by atoms with Gasteiger partial charge in [-0.1, -0.05) is 12.8 Å². The summed E-state index contributed by atoms with van der Waals surface area (Å²) in [7, 11) is 1.72. The van der Waals surface area contributed by atoms with Crippen LogP contribution in [-0.2, 0) is 7.05 Å². The summed E-state index contributed by atoms with van der Waals surface area (Å²) < 4.78 is 5.22. The highest BCUT2D eigenvalue weighted by molar-refractivity contribution is 9.10. The second-order valence-corrected chi connectivity index (χ2v) is 3.99. The molecule has 1 N–H and O–H groups in total. The standard InChI is InChI=1S/C8H11BrN2OS/c1-5(10-13)6-3-8(12)11(2)4-7(6)9/h3-5,10,13H,1-2H3. The molecule has 1 rings (SSSR count). The van der Waals surface area contributed by atoms with Crippen molar-refractivity contribution in [3.05, 3.63) is 32.7 Å². The summed E-state index contributed by atoms with van der Waals surface area (Å²) in [4.78, 5) is 11.3. The molecule has 3 nitrogen and oxygen atoms in total. The molecule has 0 aliphatic rings. The number of aromatic nitrogens is 1. The molecule has 0 aromatic carbocycles. The van der Waals surface area contributed by atoms with Gasteiger partial charge in [-0.3, -0.25) is 9.52 Å². The van der Waals surface area contributed by atoms with E-state index in [0.29, 0.717) is 0 Å². The number of halogens is 1. The molecule has 5 heteroatoms. The van der Waals surface area contributed by atoms with Gasteiger partial charge in [0.25, 0.3) is 5.56 Å². The molecule has 0 aliphatic carbocycles. The lowest BCUT2D eigenvalue weighted by atomic mass is 10.1. The van der Waals surface area contributed by atoms with Gasteiger partial charge < -0.3 is 4.57 Å².